The van der Waals surface area contributed by atoms with Crippen molar-refractivity contribution >= 4 is 11.9 Å². The van der Waals surface area contributed by atoms with Crippen molar-refractivity contribution in [3.63, 3.8) is 0 Å². The molecule has 140 valence electrons. The molecule has 7 atom stereocenters. The highest BCUT2D eigenvalue weighted by atomic mass is 16.6. The summed E-state index contributed by atoms with van der Waals surface area (Å²) in [6.45, 7) is 9.26. The molecule has 0 aromatic carbocycles. The van der Waals surface area contributed by atoms with E-state index in [4.69, 9.17) is 4.74 Å². The molecule has 0 amide bonds. The number of rotatable bonds is 5. The topological polar surface area (TPSA) is 83.8 Å². The Balaban J connectivity index is 2.09. The van der Waals surface area contributed by atoms with Crippen molar-refractivity contribution < 1.29 is 24.5 Å². The number of aliphatic hydroxyl groups excluding tert-OH is 1. The molecular formula is C20H30O5. The first-order valence-corrected chi connectivity index (χ1v) is 9.42. The van der Waals surface area contributed by atoms with E-state index < -0.39 is 23.6 Å². The van der Waals surface area contributed by atoms with Gasteiger partial charge in [-0.25, -0.2) is 0 Å². The SMILES string of the molecule is C=C1CC23CC1CCC2C(CCC(C)O)(OC(C)=O)C(C)C3C(=O)O. The van der Waals surface area contributed by atoms with Gasteiger partial charge in [0.1, 0.15) is 5.60 Å². The standard InChI is InChI=1S/C20H30O5/c1-11-9-19-10-15(11)5-6-16(19)20(25-14(4)22,8-7-12(2)21)13(3)17(19)18(23)24/h12-13,15-17,21H,1,5-10H2,2-4H3,(H,23,24). The number of esters is 1. The van der Waals surface area contributed by atoms with Crippen molar-refractivity contribution in [3.05, 3.63) is 12.2 Å². The van der Waals surface area contributed by atoms with Gasteiger partial charge in [0.05, 0.1) is 12.0 Å². The van der Waals surface area contributed by atoms with Crippen molar-refractivity contribution in [2.75, 3.05) is 0 Å². The molecule has 1 spiro atoms. The van der Waals surface area contributed by atoms with Crippen LogP contribution in [0.15, 0.2) is 12.2 Å². The molecule has 3 aliphatic carbocycles. The highest BCUT2D eigenvalue weighted by Gasteiger charge is 2.72. The van der Waals surface area contributed by atoms with Gasteiger partial charge >= 0.3 is 11.9 Å². The molecule has 5 nitrogen and oxygen atoms in total. The summed E-state index contributed by atoms with van der Waals surface area (Å²) in [5.41, 5.74) is -0.00368. The van der Waals surface area contributed by atoms with Gasteiger partial charge in [-0.15, -0.1) is 0 Å². The lowest BCUT2D eigenvalue weighted by Crippen LogP contribution is -2.47. The van der Waals surface area contributed by atoms with Crippen molar-refractivity contribution in [1.29, 1.82) is 0 Å². The third kappa shape index (κ3) is 2.62. The number of fused-ring (bicyclic) bond motifs is 1. The smallest absolute Gasteiger partial charge is 0.307 e. The fourth-order valence-electron chi connectivity index (χ4n) is 6.53. The molecule has 2 bridgehead atoms. The second kappa shape index (κ2) is 6.11. The molecule has 3 saturated carbocycles. The molecule has 25 heavy (non-hydrogen) atoms. The Labute approximate surface area is 149 Å². The summed E-state index contributed by atoms with van der Waals surface area (Å²) < 4.78 is 5.95. The average molecular weight is 350 g/mol. The zero-order valence-corrected chi connectivity index (χ0v) is 15.5. The van der Waals surface area contributed by atoms with E-state index in [9.17, 15) is 19.8 Å². The molecule has 0 heterocycles. The Hall–Kier alpha value is -1.36. The molecule has 3 aliphatic rings. The van der Waals surface area contributed by atoms with E-state index in [1.165, 1.54) is 6.92 Å². The number of carbonyl (C=O) groups excluding carboxylic acids is 1. The monoisotopic (exact) mass is 350 g/mol. The van der Waals surface area contributed by atoms with Crippen LogP contribution in [0.25, 0.3) is 0 Å². The lowest BCUT2D eigenvalue weighted by atomic mass is 9.63. The Morgan fingerprint density at radius 2 is 2.08 bits per heavy atom. The molecule has 7 unspecified atom stereocenters. The second-order valence-corrected chi connectivity index (χ2v) is 8.64. The second-order valence-electron chi connectivity index (χ2n) is 8.64. The number of aliphatic carboxylic acids is 1. The van der Waals surface area contributed by atoms with Crippen molar-refractivity contribution in [2.24, 2.45) is 29.1 Å². The van der Waals surface area contributed by atoms with Crippen LogP contribution in [-0.4, -0.2) is 33.9 Å². The van der Waals surface area contributed by atoms with Crippen LogP contribution in [0.5, 0.6) is 0 Å². The van der Waals surface area contributed by atoms with E-state index in [1.54, 1.807) is 6.92 Å². The number of hydrogen-bond acceptors (Lipinski definition) is 4. The average Bonchev–Trinajstić information content (AvgIpc) is 2.85. The number of hydrogen-bond donors (Lipinski definition) is 2. The number of aliphatic hydroxyl groups is 1. The van der Waals surface area contributed by atoms with Crippen LogP contribution in [-0.2, 0) is 14.3 Å². The van der Waals surface area contributed by atoms with Crippen LogP contribution in [0.3, 0.4) is 0 Å². The molecular weight excluding hydrogens is 320 g/mol. The molecule has 0 aliphatic heterocycles. The number of carboxylic acids is 1. The number of allylic oxidation sites excluding steroid dienone is 1. The first-order valence-electron chi connectivity index (χ1n) is 9.42. The van der Waals surface area contributed by atoms with Gasteiger partial charge in [-0.2, -0.15) is 0 Å². The molecule has 0 radical (unpaired) electrons. The van der Waals surface area contributed by atoms with Crippen LogP contribution in [0, 0.1) is 29.1 Å². The lowest BCUT2D eigenvalue weighted by molar-refractivity contribution is -0.173. The number of carboxylic acid groups (broad SMARTS) is 1. The zero-order chi connectivity index (χ0) is 18.6. The fraction of sp³-hybridized carbons (Fsp3) is 0.800. The van der Waals surface area contributed by atoms with Crippen molar-refractivity contribution in [3.8, 4) is 0 Å². The van der Waals surface area contributed by atoms with Gasteiger partial charge in [-0.3, -0.25) is 9.59 Å². The molecule has 5 heteroatoms. The molecule has 0 aromatic heterocycles. The predicted molar refractivity (Wildman–Crippen MR) is 92.7 cm³/mol. The van der Waals surface area contributed by atoms with Crippen molar-refractivity contribution in [1.82, 2.24) is 0 Å². The minimum atomic E-state index is -0.804. The Morgan fingerprint density at radius 3 is 2.64 bits per heavy atom. The molecule has 3 fully saturated rings. The van der Waals surface area contributed by atoms with Gasteiger partial charge < -0.3 is 14.9 Å². The van der Waals surface area contributed by atoms with Gasteiger partial charge in [0.15, 0.2) is 0 Å². The quantitative estimate of drug-likeness (QED) is 0.588. The lowest BCUT2D eigenvalue weighted by Gasteiger charge is -2.44. The highest BCUT2D eigenvalue weighted by Crippen LogP contribution is 2.71. The summed E-state index contributed by atoms with van der Waals surface area (Å²) in [6, 6.07) is 0. The number of ether oxygens (including phenoxy) is 1. The Bertz CT molecular complexity index is 597. The van der Waals surface area contributed by atoms with Gasteiger partial charge in [-0.05, 0) is 56.8 Å². The van der Waals surface area contributed by atoms with Crippen LogP contribution in [0.1, 0.15) is 59.3 Å². The Morgan fingerprint density at radius 1 is 1.40 bits per heavy atom. The van der Waals surface area contributed by atoms with Gasteiger partial charge in [0.25, 0.3) is 0 Å². The molecule has 2 N–H and O–H groups in total. The maximum absolute atomic E-state index is 12.2. The molecule has 0 saturated heterocycles. The molecule has 3 rings (SSSR count). The van der Waals surface area contributed by atoms with E-state index in [-0.39, 0.29) is 23.2 Å². The first-order chi connectivity index (χ1) is 11.6. The van der Waals surface area contributed by atoms with E-state index in [0.29, 0.717) is 18.8 Å². The summed E-state index contributed by atoms with van der Waals surface area (Å²) >= 11 is 0. The summed E-state index contributed by atoms with van der Waals surface area (Å²) in [5.74, 6) is -1.55. The normalized spacial score (nSPS) is 43.6. The fourth-order valence-corrected chi connectivity index (χ4v) is 6.53. The van der Waals surface area contributed by atoms with Gasteiger partial charge in [0, 0.05) is 18.8 Å². The summed E-state index contributed by atoms with van der Waals surface area (Å²) in [6.07, 6.45) is 3.93. The number of carbonyl (C=O) groups is 2. The predicted octanol–water partition coefficient (Wildman–Crippen LogP) is 3.16. The van der Waals surface area contributed by atoms with Gasteiger partial charge in [0.2, 0.25) is 0 Å². The first kappa shape index (κ1) is 18.4. The third-order valence-corrected chi connectivity index (χ3v) is 7.29. The maximum Gasteiger partial charge on any atom is 0.307 e. The minimum Gasteiger partial charge on any atom is -0.481 e. The van der Waals surface area contributed by atoms with E-state index in [0.717, 1.165) is 31.3 Å². The maximum atomic E-state index is 12.2. The van der Waals surface area contributed by atoms with Gasteiger partial charge in [-0.1, -0.05) is 19.1 Å². The van der Waals surface area contributed by atoms with Crippen LogP contribution >= 0.6 is 0 Å². The summed E-state index contributed by atoms with van der Waals surface area (Å²) in [7, 11) is 0. The largest absolute Gasteiger partial charge is 0.481 e. The van der Waals surface area contributed by atoms with E-state index in [1.807, 2.05) is 6.92 Å². The van der Waals surface area contributed by atoms with Crippen LogP contribution in [0.2, 0.25) is 0 Å². The van der Waals surface area contributed by atoms with Crippen molar-refractivity contribution in [2.45, 2.75) is 71.0 Å². The Kier molecular flexibility index (Phi) is 4.51. The van der Waals surface area contributed by atoms with Crippen LogP contribution < -0.4 is 0 Å². The van der Waals surface area contributed by atoms with Crippen LogP contribution in [0.4, 0.5) is 0 Å². The zero-order valence-electron chi connectivity index (χ0n) is 15.5. The third-order valence-electron chi connectivity index (χ3n) is 7.29. The van der Waals surface area contributed by atoms with E-state index in [2.05, 4.69) is 6.58 Å². The van der Waals surface area contributed by atoms with E-state index >= 15 is 0 Å². The summed E-state index contributed by atoms with van der Waals surface area (Å²) in [4.78, 5) is 24.2. The molecule has 0 aromatic rings. The highest BCUT2D eigenvalue weighted by molar-refractivity contribution is 5.74. The minimum absolute atomic E-state index is 0.0225. The summed E-state index contributed by atoms with van der Waals surface area (Å²) in [5, 5.41) is 19.9.